The smallest absolute Gasteiger partial charge is 0.227 e. The third-order valence-corrected chi connectivity index (χ3v) is 9.59. The maximum atomic E-state index is 14.3. The second kappa shape index (κ2) is 9.37. The Morgan fingerprint density at radius 1 is 1.11 bits per heavy atom. The van der Waals surface area contributed by atoms with Crippen LogP contribution in [0, 0.1) is 19.7 Å². The van der Waals surface area contributed by atoms with Crippen LogP contribution < -0.4 is 4.90 Å². The third kappa shape index (κ3) is 4.39. The summed E-state index contributed by atoms with van der Waals surface area (Å²) in [6, 6.07) is 9.72. The molecule has 4 heterocycles. The Bertz CT molecular complexity index is 1520. The van der Waals surface area contributed by atoms with Crippen LogP contribution in [-0.4, -0.2) is 41.2 Å². The minimum Gasteiger partial charge on any atom is -0.361 e. The van der Waals surface area contributed by atoms with Crippen LogP contribution in [0.2, 0.25) is 5.02 Å². The maximum absolute atomic E-state index is 14.3. The summed E-state index contributed by atoms with van der Waals surface area (Å²) in [5.74, 6) is 1.42. The van der Waals surface area contributed by atoms with E-state index in [9.17, 15) is 18.3 Å². The number of imidazole rings is 1. The highest BCUT2D eigenvalue weighted by atomic mass is 35.5. The summed E-state index contributed by atoms with van der Waals surface area (Å²) >= 11 is 6.15. The van der Waals surface area contributed by atoms with Gasteiger partial charge in [-0.1, -0.05) is 22.8 Å². The molecule has 6 rings (SSSR count). The van der Waals surface area contributed by atoms with Crippen molar-refractivity contribution in [2.75, 3.05) is 16.4 Å². The Labute approximate surface area is 225 Å². The van der Waals surface area contributed by atoms with Crippen molar-refractivity contribution in [3.8, 4) is 11.1 Å². The van der Waals surface area contributed by atoms with E-state index in [0.29, 0.717) is 48.7 Å². The fourth-order valence-corrected chi connectivity index (χ4v) is 7.59. The van der Waals surface area contributed by atoms with Gasteiger partial charge in [-0.05, 0) is 69.0 Å². The quantitative estimate of drug-likeness (QED) is 0.278. The number of aryl methyl sites for hydroxylation is 2. The van der Waals surface area contributed by atoms with E-state index in [1.165, 1.54) is 12.1 Å². The molecule has 1 unspecified atom stereocenters. The molecule has 2 fully saturated rings. The fourth-order valence-electron chi connectivity index (χ4n) is 5.87. The first-order valence-corrected chi connectivity index (χ1v) is 14.8. The van der Waals surface area contributed by atoms with Gasteiger partial charge in [-0.3, -0.25) is 13.9 Å². The molecular formula is C27H28ClFN4O4S. The number of halogens is 2. The van der Waals surface area contributed by atoms with Gasteiger partial charge in [0.15, 0.2) is 0 Å². The molecule has 0 saturated carbocycles. The Morgan fingerprint density at radius 2 is 1.87 bits per heavy atom. The molecule has 200 valence electrons. The van der Waals surface area contributed by atoms with E-state index in [-0.39, 0.29) is 17.0 Å². The molecule has 2 saturated heterocycles. The average molecular weight is 559 g/mol. The topological polar surface area (TPSA) is 105 Å². The minimum absolute atomic E-state index is 0.0199. The van der Waals surface area contributed by atoms with Crippen LogP contribution in [0.15, 0.2) is 40.9 Å². The summed E-state index contributed by atoms with van der Waals surface area (Å²) < 4.78 is 42.3. The number of carbonyl (C=O) groups is 1. The Kier molecular flexibility index (Phi) is 6.26. The molecule has 2 aliphatic heterocycles. The van der Waals surface area contributed by atoms with Gasteiger partial charge in [0.2, 0.25) is 5.91 Å². The van der Waals surface area contributed by atoms with Crippen LogP contribution in [0.25, 0.3) is 22.2 Å². The number of fused-ring (bicyclic) bond motifs is 1. The van der Waals surface area contributed by atoms with E-state index in [0.717, 1.165) is 33.6 Å². The minimum atomic E-state index is -2.58. The Hall–Kier alpha value is -2.92. The van der Waals surface area contributed by atoms with E-state index in [4.69, 9.17) is 21.1 Å². The molecule has 11 heteroatoms. The SMILES string of the molecule is Cc1noc(C)c1-c1ccc2c(c1)nc(C1CCC(=O)N1c1cc(F)cc(Cl)c1)n2C1CCS(O)(O)CC1. The Morgan fingerprint density at radius 3 is 2.55 bits per heavy atom. The molecule has 8 nitrogen and oxygen atoms in total. The molecule has 2 aromatic carbocycles. The van der Waals surface area contributed by atoms with Crippen LogP contribution in [0.4, 0.5) is 10.1 Å². The lowest BCUT2D eigenvalue weighted by molar-refractivity contribution is -0.117. The molecule has 2 aliphatic rings. The van der Waals surface area contributed by atoms with E-state index >= 15 is 0 Å². The molecule has 38 heavy (non-hydrogen) atoms. The van der Waals surface area contributed by atoms with Gasteiger partial charge >= 0.3 is 0 Å². The standard InChI is InChI=1S/C27H28ClFN4O4S/c1-15-26(16(2)37-31-15)17-3-4-23-22(11-17)30-27(33(23)20-7-9-38(35,36)10-8-20)24-5-6-25(34)32(24)21-13-18(28)12-19(29)14-21/h3-4,11-14,20,24,35-36H,5-10H2,1-2H3. The van der Waals surface area contributed by atoms with Gasteiger partial charge < -0.3 is 14.0 Å². The van der Waals surface area contributed by atoms with E-state index < -0.39 is 22.4 Å². The number of rotatable bonds is 4. The van der Waals surface area contributed by atoms with Crippen molar-refractivity contribution in [3.63, 3.8) is 0 Å². The molecule has 1 atom stereocenters. The third-order valence-electron chi connectivity index (χ3n) is 7.60. The highest BCUT2D eigenvalue weighted by Gasteiger charge is 2.39. The predicted molar refractivity (Wildman–Crippen MR) is 146 cm³/mol. The van der Waals surface area contributed by atoms with E-state index in [1.54, 1.807) is 11.0 Å². The van der Waals surface area contributed by atoms with Crippen LogP contribution in [0.5, 0.6) is 0 Å². The number of aromatic nitrogens is 3. The first kappa shape index (κ1) is 25.4. The summed E-state index contributed by atoms with van der Waals surface area (Å²) in [7, 11) is -2.58. The number of carbonyl (C=O) groups excluding carboxylic acids is 1. The number of nitrogens with zero attached hydrogens (tertiary/aromatic N) is 4. The van der Waals surface area contributed by atoms with Crippen LogP contribution in [0.1, 0.15) is 55.0 Å². The van der Waals surface area contributed by atoms with E-state index in [2.05, 4.69) is 9.72 Å². The van der Waals surface area contributed by atoms with Crippen molar-refractivity contribution in [3.05, 3.63) is 64.5 Å². The molecule has 0 bridgehead atoms. The molecule has 2 N–H and O–H groups in total. The number of hydrogen-bond acceptors (Lipinski definition) is 6. The van der Waals surface area contributed by atoms with Crippen LogP contribution in [-0.2, 0) is 4.79 Å². The highest BCUT2D eigenvalue weighted by molar-refractivity contribution is 8.24. The first-order chi connectivity index (χ1) is 18.1. The number of anilines is 1. The van der Waals surface area contributed by atoms with Gasteiger partial charge in [0.25, 0.3) is 0 Å². The van der Waals surface area contributed by atoms with Gasteiger partial charge in [0.05, 0.1) is 22.8 Å². The zero-order valence-corrected chi connectivity index (χ0v) is 22.6. The van der Waals surface area contributed by atoms with Crippen LogP contribution in [0.3, 0.4) is 0 Å². The molecule has 2 aromatic heterocycles. The summed E-state index contributed by atoms with van der Waals surface area (Å²) in [5, 5.41) is 4.30. The van der Waals surface area contributed by atoms with Crippen molar-refractivity contribution < 1.29 is 22.8 Å². The largest absolute Gasteiger partial charge is 0.361 e. The summed E-state index contributed by atoms with van der Waals surface area (Å²) in [6.07, 6.45) is 1.99. The summed E-state index contributed by atoms with van der Waals surface area (Å²) in [5.41, 5.74) is 4.69. The van der Waals surface area contributed by atoms with Gasteiger partial charge in [0, 0.05) is 40.2 Å². The number of amides is 1. The second-order valence-electron chi connectivity index (χ2n) is 10.1. The summed E-state index contributed by atoms with van der Waals surface area (Å²) in [4.78, 5) is 19.8. The fraction of sp³-hybridized carbons (Fsp3) is 0.370. The van der Waals surface area contributed by atoms with Crippen molar-refractivity contribution in [1.29, 1.82) is 0 Å². The van der Waals surface area contributed by atoms with Crippen LogP contribution >= 0.6 is 22.2 Å². The number of benzene rings is 2. The van der Waals surface area contributed by atoms with Crippen molar-refractivity contribution in [2.45, 2.75) is 51.6 Å². The molecule has 0 radical (unpaired) electrons. The van der Waals surface area contributed by atoms with Crippen molar-refractivity contribution >= 4 is 44.8 Å². The zero-order chi connectivity index (χ0) is 26.8. The molecule has 0 spiro atoms. The van der Waals surface area contributed by atoms with Gasteiger partial charge in [-0.2, -0.15) is 10.6 Å². The normalized spacial score (nSPS) is 20.9. The number of hydrogen-bond donors (Lipinski definition) is 2. The van der Waals surface area contributed by atoms with Gasteiger partial charge in [-0.25, -0.2) is 9.37 Å². The lowest BCUT2D eigenvalue weighted by Gasteiger charge is -2.40. The lowest BCUT2D eigenvalue weighted by atomic mass is 10.0. The predicted octanol–water partition coefficient (Wildman–Crippen LogP) is 7.05. The van der Waals surface area contributed by atoms with E-state index in [1.807, 2.05) is 32.0 Å². The first-order valence-electron chi connectivity index (χ1n) is 12.6. The second-order valence-corrected chi connectivity index (χ2v) is 13.0. The molecule has 4 aromatic rings. The summed E-state index contributed by atoms with van der Waals surface area (Å²) in [6.45, 7) is 3.77. The Balaban J connectivity index is 1.51. The van der Waals surface area contributed by atoms with Crippen molar-refractivity contribution in [1.82, 2.24) is 14.7 Å². The monoisotopic (exact) mass is 558 g/mol. The highest BCUT2D eigenvalue weighted by Crippen LogP contribution is 2.49. The molecule has 1 amide bonds. The van der Waals surface area contributed by atoms with Crippen molar-refractivity contribution in [2.24, 2.45) is 0 Å². The maximum Gasteiger partial charge on any atom is 0.227 e. The molecule has 0 aliphatic carbocycles. The van der Waals surface area contributed by atoms with Gasteiger partial charge in [-0.15, -0.1) is 0 Å². The average Bonchev–Trinajstić information content (AvgIpc) is 3.52. The zero-order valence-electron chi connectivity index (χ0n) is 21.0. The van der Waals surface area contributed by atoms with Gasteiger partial charge in [0.1, 0.15) is 17.4 Å². The molecular weight excluding hydrogens is 531 g/mol. The lowest BCUT2D eigenvalue weighted by Crippen LogP contribution is -2.31.